The Kier molecular flexibility index (Phi) is 2.36. The van der Waals surface area contributed by atoms with Gasteiger partial charge in [-0.05, 0) is 42.6 Å². The molecule has 2 nitrogen and oxygen atoms in total. The lowest BCUT2D eigenvalue weighted by atomic mass is 9.77. The molecular formula is C13H17FN2. The van der Waals surface area contributed by atoms with E-state index in [-0.39, 0.29) is 5.82 Å². The van der Waals surface area contributed by atoms with Crippen molar-refractivity contribution in [2.75, 3.05) is 31.6 Å². The monoisotopic (exact) mass is 220 g/mol. The molecule has 0 saturated carbocycles. The summed E-state index contributed by atoms with van der Waals surface area (Å²) in [4.78, 5) is 2.27. The summed E-state index contributed by atoms with van der Waals surface area (Å²) < 4.78 is 13.3. The van der Waals surface area contributed by atoms with Crippen molar-refractivity contribution in [3.8, 4) is 0 Å². The SMILES string of the molecule is CN1CC2CCNCC2c2cc(F)ccc21. The molecule has 3 heteroatoms. The first-order valence-electron chi connectivity index (χ1n) is 5.97. The second-order valence-corrected chi connectivity index (χ2v) is 4.94. The van der Waals surface area contributed by atoms with Crippen molar-refractivity contribution in [2.24, 2.45) is 5.92 Å². The molecule has 3 rings (SSSR count). The van der Waals surface area contributed by atoms with E-state index in [9.17, 15) is 4.39 Å². The van der Waals surface area contributed by atoms with E-state index in [2.05, 4.69) is 17.3 Å². The number of nitrogens with one attached hydrogen (secondary N) is 1. The number of fused-ring (bicyclic) bond motifs is 3. The highest BCUT2D eigenvalue weighted by Crippen LogP contribution is 2.40. The van der Waals surface area contributed by atoms with Gasteiger partial charge in [-0.25, -0.2) is 4.39 Å². The Labute approximate surface area is 95.4 Å². The topological polar surface area (TPSA) is 15.3 Å². The number of piperidine rings is 1. The molecule has 1 N–H and O–H groups in total. The standard InChI is InChI=1S/C13H17FN2/c1-16-8-9-4-5-15-7-12(9)11-6-10(14)2-3-13(11)16/h2-3,6,9,12,15H,4-5,7-8H2,1H3. The van der Waals surface area contributed by atoms with Gasteiger partial charge in [-0.15, -0.1) is 0 Å². The largest absolute Gasteiger partial charge is 0.374 e. The highest BCUT2D eigenvalue weighted by atomic mass is 19.1. The van der Waals surface area contributed by atoms with E-state index in [4.69, 9.17) is 0 Å². The molecule has 2 unspecified atom stereocenters. The second kappa shape index (κ2) is 3.74. The van der Waals surface area contributed by atoms with Crippen LogP contribution in [-0.2, 0) is 0 Å². The van der Waals surface area contributed by atoms with Gasteiger partial charge in [0.15, 0.2) is 0 Å². The fourth-order valence-corrected chi connectivity index (χ4v) is 3.12. The van der Waals surface area contributed by atoms with Crippen LogP contribution in [0.5, 0.6) is 0 Å². The lowest BCUT2D eigenvalue weighted by Gasteiger charge is -2.42. The highest BCUT2D eigenvalue weighted by Gasteiger charge is 2.33. The Morgan fingerprint density at radius 2 is 2.31 bits per heavy atom. The molecule has 0 aromatic heterocycles. The Balaban J connectivity index is 2.05. The van der Waals surface area contributed by atoms with Crippen molar-refractivity contribution in [1.29, 1.82) is 0 Å². The van der Waals surface area contributed by atoms with Gasteiger partial charge in [-0.3, -0.25) is 0 Å². The van der Waals surface area contributed by atoms with Crippen LogP contribution in [0.2, 0.25) is 0 Å². The van der Waals surface area contributed by atoms with E-state index in [0.29, 0.717) is 11.8 Å². The molecule has 0 aliphatic carbocycles. The molecule has 2 atom stereocenters. The summed E-state index contributed by atoms with van der Waals surface area (Å²) in [7, 11) is 2.11. The second-order valence-electron chi connectivity index (χ2n) is 4.94. The summed E-state index contributed by atoms with van der Waals surface area (Å²) in [6, 6.07) is 5.19. The average molecular weight is 220 g/mol. The van der Waals surface area contributed by atoms with Crippen LogP contribution in [0.15, 0.2) is 18.2 Å². The molecule has 0 bridgehead atoms. The van der Waals surface area contributed by atoms with Crippen LogP contribution in [-0.4, -0.2) is 26.7 Å². The van der Waals surface area contributed by atoms with Gasteiger partial charge in [-0.2, -0.15) is 0 Å². The maximum Gasteiger partial charge on any atom is 0.123 e. The fraction of sp³-hybridized carbons (Fsp3) is 0.538. The number of hydrogen-bond acceptors (Lipinski definition) is 2. The van der Waals surface area contributed by atoms with Crippen molar-refractivity contribution >= 4 is 5.69 Å². The number of halogens is 1. The normalized spacial score (nSPS) is 28.5. The number of nitrogens with zero attached hydrogens (tertiary/aromatic N) is 1. The van der Waals surface area contributed by atoms with Gasteiger partial charge in [0, 0.05) is 31.7 Å². The third-order valence-electron chi connectivity index (χ3n) is 3.93. The van der Waals surface area contributed by atoms with Gasteiger partial charge in [0.1, 0.15) is 5.82 Å². The van der Waals surface area contributed by atoms with E-state index < -0.39 is 0 Å². The molecule has 2 heterocycles. The minimum Gasteiger partial charge on any atom is -0.374 e. The zero-order chi connectivity index (χ0) is 11.1. The van der Waals surface area contributed by atoms with E-state index in [1.54, 1.807) is 12.1 Å². The number of rotatable bonds is 0. The highest BCUT2D eigenvalue weighted by molar-refractivity contribution is 5.57. The van der Waals surface area contributed by atoms with Gasteiger partial charge in [0.25, 0.3) is 0 Å². The Bertz CT molecular complexity index is 405. The molecule has 2 aliphatic heterocycles. The first-order chi connectivity index (χ1) is 7.75. The van der Waals surface area contributed by atoms with Gasteiger partial charge >= 0.3 is 0 Å². The van der Waals surface area contributed by atoms with Gasteiger partial charge in [0.2, 0.25) is 0 Å². The average Bonchev–Trinajstić information content (AvgIpc) is 2.29. The molecular weight excluding hydrogens is 203 g/mol. The van der Waals surface area contributed by atoms with Gasteiger partial charge in [0.05, 0.1) is 0 Å². The maximum atomic E-state index is 13.3. The number of benzene rings is 1. The number of anilines is 1. The lowest BCUT2D eigenvalue weighted by molar-refractivity contribution is 0.316. The third-order valence-corrected chi connectivity index (χ3v) is 3.93. The van der Waals surface area contributed by atoms with Crippen LogP contribution in [0.4, 0.5) is 10.1 Å². The van der Waals surface area contributed by atoms with Gasteiger partial charge in [-0.1, -0.05) is 0 Å². The summed E-state index contributed by atoms with van der Waals surface area (Å²) in [5, 5.41) is 3.42. The zero-order valence-corrected chi connectivity index (χ0v) is 9.54. The first-order valence-corrected chi connectivity index (χ1v) is 5.97. The predicted octanol–water partition coefficient (Wildman–Crippen LogP) is 1.97. The Morgan fingerprint density at radius 1 is 1.44 bits per heavy atom. The van der Waals surface area contributed by atoms with Gasteiger partial charge < -0.3 is 10.2 Å². The minimum absolute atomic E-state index is 0.113. The summed E-state index contributed by atoms with van der Waals surface area (Å²) in [6.07, 6.45) is 1.20. The van der Waals surface area contributed by atoms with Crippen molar-refractivity contribution in [1.82, 2.24) is 5.32 Å². The summed E-state index contributed by atoms with van der Waals surface area (Å²) in [5.41, 5.74) is 2.39. The predicted molar refractivity (Wildman–Crippen MR) is 63.4 cm³/mol. The molecule has 0 amide bonds. The van der Waals surface area contributed by atoms with Crippen LogP contribution in [0, 0.1) is 11.7 Å². The van der Waals surface area contributed by atoms with Crippen molar-refractivity contribution in [3.63, 3.8) is 0 Å². The molecule has 0 spiro atoms. The molecule has 0 radical (unpaired) electrons. The van der Waals surface area contributed by atoms with Crippen LogP contribution < -0.4 is 10.2 Å². The minimum atomic E-state index is -0.113. The van der Waals surface area contributed by atoms with E-state index in [0.717, 1.165) is 19.6 Å². The lowest BCUT2D eigenvalue weighted by Crippen LogP contribution is -2.44. The molecule has 86 valence electrons. The molecule has 1 saturated heterocycles. The molecule has 2 aliphatic rings. The van der Waals surface area contributed by atoms with Crippen LogP contribution >= 0.6 is 0 Å². The van der Waals surface area contributed by atoms with E-state index in [1.807, 2.05) is 6.07 Å². The van der Waals surface area contributed by atoms with Crippen molar-refractivity contribution < 1.29 is 4.39 Å². The Hall–Kier alpha value is -1.09. The Morgan fingerprint density at radius 3 is 3.19 bits per heavy atom. The van der Waals surface area contributed by atoms with E-state index >= 15 is 0 Å². The maximum absolute atomic E-state index is 13.3. The van der Waals surface area contributed by atoms with Crippen molar-refractivity contribution in [2.45, 2.75) is 12.3 Å². The summed E-state index contributed by atoms with van der Waals surface area (Å²) in [6.45, 7) is 3.19. The quantitative estimate of drug-likeness (QED) is 0.719. The molecule has 1 aromatic carbocycles. The van der Waals surface area contributed by atoms with Crippen LogP contribution in [0.25, 0.3) is 0 Å². The molecule has 1 aromatic rings. The molecule has 16 heavy (non-hydrogen) atoms. The first kappa shape index (κ1) is 10.1. The smallest absolute Gasteiger partial charge is 0.123 e. The zero-order valence-electron chi connectivity index (χ0n) is 9.54. The van der Waals surface area contributed by atoms with Crippen LogP contribution in [0.1, 0.15) is 17.9 Å². The summed E-state index contributed by atoms with van der Waals surface area (Å²) >= 11 is 0. The number of hydrogen-bond donors (Lipinski definition) is 1. The fourth-order valence-electron chi connectivity index (χ4n) is 3.12. The van der Waals surface area contributed by atoms with Crippen molar-refractivity contribution in [3.05, 3.63) is 29.6 Å². The third kappa shape index (κ3) is 1.50. The van der Waals surface area contributed by atoms with Crippen LogP contribution in [0.3, 0.4) is 0 Å². The summed E-state index contributed by atoms with van der Waals surface area (Å²) in [5.74, 6) is 1.06. The molecule has 1 fully saturated rings. The van der Waals surface area contributed by atoms with E-state index in [1.165, 1.54) is 17.7 Å².